The normalized spacial score (nSPS) is 11.1. The van der Waals surface area contributed by atoms with Gasteiger partial charge in [0.2, 0.25) is 0 Å². The summed E-state index contributed by atoms with van der Waals surface area (Å²) < 4.78 is 1.43. The van der Waals surface area contributed by atoms with Crippen LogP contribution in [0.1, 0.15) is 29.9 Å². The van der Waals surface area contributed by atoms with Crippen molar-refractivity contribution in [3.05, 3.63) is 59.9 Å². The van der Waals surface area contributed by atoms with Crippen molar-refractivity contribution < 1.29 is 4.79 Å². The summed E-state index contributed by atoms with van der Waals surface area (Å²) >= 11 is 0. The number of nitrogens with one attached hydrogen (secondary N) is 2. The fourth-order valence-corrected chi connectivity index (χ4v) is 2.34. The molecule has 2 amide bonds. The highest BCUT2D eigenvalue weighted by Gasteiger charge is 2.18. The number of hydrogen-bond donors (Lipinski definition) is 2. The number of carbonyl (C=O) groups excluding carboxylic acids is 1. The lowest BCUT2D eigenvalue weighted by Crippen LogP contribution is -2.32. The molecule has 0 aliphatic carbocycles. The highest BCUT2D eigenvalue weighted by Crippen LogP contribution is 2.16. The Morgan fingerprint density at radius 2 is 1.89 bits per heavy atom. The third-order valence-electron chi connectivity index (χ3n) is 3.57. The molecule has 27 heavy (non-hydrogen) atoms. The average molecular weight is 359 g/mol. The van der Waals surface area contributed by atoms with Gasteiger partial charge in [-0.15, -0.1) is 0 Å². The van der Waals surface area contributed by atoms with Crippen LogP contribution in [0.5, 0.6) is 0 Å². The van der Waals surface area contributed by atoms with Gasteiger partial charge in [-0.25, -0.2) is 19.7 Å². The Morgan fingerprint density at radius 3 is 2.59 bits per heavy atom. The molecule has 10 heteroatoms. The summed E-state index contributed by atoms with van der Waals surface area (Å²) in [7, 11) is 0. The summed E-state index contributed by atoms with van der Waals surface area (Å²) in [6.07, 6.45) is 4.51. The standard InChI is InChI=1S/C17H13N9O/c1-11(15-22-10-23-26(15)16-20-5-2-6-21-16)24-17(27)25-14-4-3-12(8-18)13(7-14)9-19/h2-7,10-11H,1H3,(H2,24,25,27). The molecule has 1 atom stereocenters. The van der Waals surface area contributed by atoms with Crippen LogP contribution in [0.3, 0.4) is 0 Å². The molecule has 10 nitrogen and oxygen atoms in total. The zero-order valence-corrected chi connectivity index (χ0v) is 14.2. The number of hydrogen-bond acceptors (Lipinski definition) is 7. The van der Waals surface area contributed by atoms with E-state index in [1.807, 2.05) is 12.1 Å². The van der Waals surface area contributed by atoms with Crippen LogP contribution in [-0.2, 0) is 0 Å². The molecular formula is C17H13N9O. The third-order valence-corrected chi connectivity index (χ3v) is 3.57. The summed E-state index contributed by atoms with van der Waals surface area (Å²) in [4.78, 5) is 24.6. The van der Waals surface area contributed by atoms with Crippen molar-refractivity contribution >= 4 is 11.7 Å². The number of rotatable bonds is 4. The number of nitriles is 2. The molecule has 0 aliphatic rings. The summed E-state index contributed by atoms with van der Waals surface area (Å²) in [5, 5.41) is 27.4. The number of anilines is 1. The number of urea groups is 1. The van der Waals surface area contributed by atoms with Gasteiger partial charge < -0.3 is 10.6 Å². The fraction of sp³-hybridized carbons (Fsp3) is 0.118. The number of nitrogens with zero attached hydrogens (tertiary/aromatic N) is 7. The van der Waals surface area contributed by atoms with Gasteiger partial charge in [0.1, 0.15) is 18.5 Å². The Morgan fingerprint density at radius 1 is 1.15 bits per heavy atom. The highest BCUT2D eigenvalue weighted by molar-refractivity contribution is 5.89. The monoisotopic (exact) mass is 359 g/mol. The first-order valence-electron chi connectivity index (χ1n) is 7.81. The quantitative estimate of drug-likeness (QED) is 0.720. The lowest BCUT2D eigenvalue weighted by Gasteiger charge is -2.14. The molecule has 1 aromatic carbocycles. The highest BCUT2D eigenvalue weighted by atomic mass is 16.2. The van der Waals surface area contributed by atoms with Crippen molar-refractivity contribution in [1.82, 2.24) is 30.0 Å². The molecule has 1 unspecified atom stereocenters. The van der Waals surface area contributed by atoms with Gasteiger partial charge in [0.15, 0.2) is 5.82 Å². The molecule has 3 rings (SSSR count). The van der Waals surface area contributed by atoms with Crippen molar-refractivity contribution in [2.24, 2.45) is 0 Å². The Balaban J connectivity index is 1.72. The molecular weight excluding hydrogens is 346 g/mol. The number of aromatic nitrogens is 5. The first-order valence-corrected chi connectivity index (χ1v) is 7.81. The van der Waals surface area contributed by atoms with E-state index in [0.29, 0.717) is 17.5 Å². The third kappa shape index (κ3) is 3.86. The van der Waals surface area contributed by atoms with Gasteiger partial charge in [-0.2, -0.15) is 20.3 Å². The van der Waals surface area contributed by atoms with E-state index in [1.54, 1.807) is 31.5 Å². The second-order valence-electron chi connectivity index (χ2n) is 5.38. The van der Waals surface area contributed by atoms with Gasteiger partial charge in [0.25, 0.3) is 5.95 Å². The Kier molecular flexibility index (Phi) is 5.00. The van der Waals surface area contributed by atoms with Crippen molar-refractivity contribution in [3.8, 4) is 18.1 Å². The summed E-state index contributed by atoms with van der Waals surface area (Å²) in [5.41, 5.74) is 0.820. The van der Waals surface area contributed by atoms with Crippen molar-refractivity contribution in [2.75, 3.05) is 5.32 Å². The minimum Gasteiger partial charge on any atom is -0.328 e. The Labute approximate surface area is 154 Å². The van der Waals surface area contributed by atoms with E-state index in [0.717, 1.165) is 0 Å². The van der Waals surface area contributed by atoms with Crippen LogP contribution >= 0.6 is 0 Å². The van der Waals surface area contributed by atoms with E-state index in [9.17, 15) is 4.79 Å². The molecule has 2 aromatic heterocycles. The molecule has 2 heterocycles. The van der Waals surface area contributed by atoms with Crippen molar-refractivity contribution in [1.29, 1.82) is 10.5 Å². The SMILES string of the molecule is CC(NC(=O)Nc1ccc(C#N)c(C#N)c1)c1ncnn1-c1ncccn1. The molecule has 3 aromatic rings. The zero-order chi connectivity index (χ0) is 19.2. The van der Waals surface area contributed by atoms with Crippen LogP contribution in [0, 0.1) is 22.7 Å². The van der Waals surface area contributed by atoms with E-state index in [4.69, 9.17) is 10.5 Å². The second-order valence-corrected chi connectivity index (χ2v) is 5.38. The Hall–Kier alpha value is -4.31. The average Bonchev–Trinajstić information content (AvgIpc) is 3.18. The topological polar surface area (TPSA) is 145 Å². The zero-order valence-electron chi connectivity index (χ0n) is 14.2. The fourth-order valence-electron chi connectivity index (χ4n) is 2.34. The first-order chi connectivity index (χ1) is 13.1. The van der Waals surface area contributed by atoms with E-state index < -0.39 is 12.1 Å². The smallest absolute Gasteiger partial charge is 0.319 e. The molecule has 0 saturated heterocycles. The number of benzene rings is 1. The predicted molar refractivity (Wildman–Crippen MR) is 93.4 cm³/mol. The van der Waals surface area contributed by atoms with E-state index in [2.05, 4.69) is 30.7 Å². The molecule has 132 valence electrons. The van der Waals surface area contributed by atoms with Gasteiger partial charge in [-0.1, -0.05) is 0 Å². The maximum atomic E-state index is 12.3. The van der Waals surface area contributed by atoms with Crippen molar-refractivity contribution in [3.63, 3.8) is 0 Å². The van der Waals surface area contributed by atoms with Gasteiger partial charge in [-0.3, -0.25) is 0 Å². The van der Waals surface area contributed by atoms with Gasteiger partial charge >= 0.3 is 6.03 Å². The van der Waals surface area contributed by atoms with Crippen LogP contribution in [-0.4, -0.2) is 30.8 Å². The predicted octanol–water partition coefficient (Wildman–Crippen LogP) is 1.68. The molecule has 0 radical (unpaired) electrons. The first kappa shape index (κ1) is 17.5. The lowest BCUT2D eigenvalue weighted by molar-refractivity contribution is 0.248. The van der Waals surface area contributed by atoms with Crippen LogP contribution in [0.2, 0.25) is 0 Å². The molecule has 0 aliphatic heterocycles. The van der Waals surface area contributed by atoms with Gasteiger partial charge in [0.05, 0.1) is 17.2 Å². The van der Waals surface area contributed by atoms with Gasteiger partial charge in [0, 0.05) is 18.1 Å². The van der Waals surface area contributed by atoms with Crippen molar-refractivity contribution in [2.45, 2.75) is 13.0 Å². The van der Waals surface area contributed by atoms with Crippen LogP contribution in [0.25, 0.3) is 5.95 Å². The maximum Gasteiger partial charge on any atom is 0.319 e. The van der Waals surface area contributed by atoms with Gasteiger partial charge in [-0.05, 0) is 31.2 Å². The molecule has 0 bridgehead atoms. The largest absolute Gasteiger partial charge is 0.328 e. The minimum absolute atomic E-state index is 0.185. The summed E-state index contributed by atoms with van der Waals surface area (Å²) in [6.45, 7) is 1.74. The number of amides is 2. The summed E-state index contributed by atoms with van der Waals surface area (Å²) in [6, 6.07) is 8.98. The minimum atomic E-state index is -0.500. The van der Waals surface area contributed by atoms with E-state index >= 15 is 0 Å². The van der Waals surface area contributed by atoms with E-state index in [-0.39, 0.29) is 11.1 Å². The molecule has 0 fully saturated rings. The lowest BCUT2D eigenvalue weighted by atomic mass is 10.1. The molecule has 0 saturated carbocycles. The molecule has 0 spiro atoms. The summed E-state index contributed by atoms with van der Waals surface area (Å²) in [5.74, 6) is 0.790. The van der Waals surface area contributed by atoms with E-state index in [1.165, 1.54) is 23.1 Å². The molecule has 2 N–H and O–H groups in total. The Bertz CT molecular complexity index is 1050. The van der Waals surface area contributed by atoms with Crippen LogP contribution < -0.4 is 10.6 Å². The maximum absolute atomic E-state index is 12.3. The van der Waals surface area contributed by atoms with Crippen LogP contribution in [0.15, 0.2) is 43.0 Å². The number of carbonyl (C=O) groups is 1. The van der Waals surface area contributed by atoms with Crippen LogP contribution in [0.4, 0.5) is 10.5 Å². The second kappa shape index (κ2) is 7.72.